The number of unbranched alkanes of at least 4 members (excludes halogenated alkanes) is 2. The average molecular weight is 385 g/mol. The second-order valence-corrected chi connectivity index (χ2v) is 6.24. The van der Waals surface area contributed by atoms with E-state index >= 15 is 0 Å². The Bertz CT molecular complexity index is 978. The van der Waals surface area contributed by atoms with Crippen molar-refractivity contribution in [1.82, 2.24) is 9.78 Å². The number of hydrogen-bond donors (Lipinski definition) is 1. The molecule has 1 aromatic heterocycles. The van der Waals surface area contributed by atoms with Gasteiger partial charge in [-0.05, 0) is 67.6 Å². The minimum Gasteiger partial charge on any atom is -0.449 e. The van der Waals surface area contributed by atoms with Gasteiger partial charge in [0.25, 0.3) is 0 Å². The van der Waals surface area contributed by atoms with Gasteiger partial charge in [0.05, 0.1) is 12.3 Å². The molecule has 7 nitrogen and oxygen atoms in total. The number of rotatable bonds is 9. The Hall–Kier alpha value is -3.42. The molecule has 0 fully saturated rings. The molecule has 0 aliphatic heterocycles. The van der Waals surface area contributed by atoms with Crippen LogP contribution in [0.25, 0.3) is 5.69 Å². The number of ether oxygens (including phenoxy) is 1. The zero-order valence-electron chi connectivity index (χ0n) is 15.1. The van der Waals surface area contributed by atoms with E-state index in [1.54, 1.807) is 24.3 Å². The third kappa shape index (κ3) is 5.06. The van der Waals surface area contributed by atoms with Gasteiger partial charge in [0.1, 0.15) is 5.82 Å². The summed E-state index contributed by atoms with van der Waals surface area (Å²) in [6, 6.07) is 12.6. The molecular weight excluding hydrogens is 365 g/mol. The maximum Gasteiger partial charge on any atom is 0.444 e. The fourth-order valence-electron chi connectivity index (χ4n) is 2.67. The molecule has 146 valence electrons. The molecule has 0 unspecified atom stereocenters. The molecular formula is C20H20FN3O4. The van der Waals surface area contributed by atoms with Gasteiger partial charge in [-0.15, -0.1) is 0 Å². The second kappa shape index (κ2) is 8.98. The highest BCUT2D eigenvalue weighted by Gasteiger charge is 2.11. The normalized spacial score (nSPS) is 10.8. The van der Waals surface area contributed by atoms with Crippen LogP contribution in [0, 0.1) is 5.82 Å². The van der Waals surface area contributed by atoms with E-state index in [0.29, 0.717) is 17.9 Å². The topological polar surface area (TPSA) is 100 Å². The Morgan fingerprint density at radius 2 is 1.79 bits per heavy atom. The number of carbonyl (C=O) groups excluding carboxylic acids is 1. The SMILES string of the molecule is NC(=O)c1ccc(-n2nc(OCCCCCc3ccc(F)cc3)oc2=O)cc1. The van der Waals surface area contributed by atoms with Gasteiger partial charge in [0, 0.05) is 5.56 Å². The third-order valence-electron chi connectivity index (χ3n) is 4.17. The van der Waals surface area contributed by atoms with Crippen molar-refractivity contribution in [3.63, 3.8) is 0 Å². The monoisotopic (exact) mass is 385 g/mol. The van der Waals surface area contributed by atoms with E-state index in [1.807, 2.05) is 0 Å². The predicted molar refractivity (Wildman–Crippen MR) is 100 cm³/mol. The summed E-state index contributed by atoms with van der Waals surface area (Å²) in [5.41, 5.74) is 7.05. The lowest BCUT2D eigenvalue weighted by atomic mass is 10.1. The number of amides is 1. The van der Waals surface area contributed by atoms with E-state index in [9.17, 15) is 14.0 Å². The number of aryl methyl sites for hydroxylation is 1. The highest BCUT2D eigenvalue weighted by atomic mass is 19.1. The molecule has 0 radical (unpaired) electrons. The van der Waals surface area contributed by atoms with E-state index in [0.717, 1.165) is 35.9 Å². The zero-order valence-corrected chi connectivity index (χ0v) is 15.1. The fraction of sp³-hybridized carbons (Fsp3) is 0.250. The molecule has 8 heteroatoms. The number of nitrogens with zero attached hydrogens (tertiary/aromatic N) is 2. The minimum atomic E-state index is -0.682. The molecule has 0 saturated heterocycles. The first-order valence-corrected chi connectivity index (χ1v) is 8.90. The summed E-state index contributed by atoms with van der Waals surface area (Å²) >= 11 is 0. The van der Waals surface area contributed by atoms with Crippen molar-refractivity contribution in [3.05, 3.63) is 76.0 Å². The Morgan fingerprint density at radius 3 is 2.46 bits per heavy atom. The summed E-state index contributed by atoms with van der Waals surface area (Å²) < 4.78 is 24.3. The zero-order chi connectivity index (χ0) is 19.9. The standard InChI is InChI=1S/C20H20FN3O4/c21-16-9-5-14(6-10-16)4-2-1-3-13-27-19-23-24(20(26)28-19)17-11-7-15(8-12-17)18(22)25/h5-12H,1-4,13H2,(H2,22,25). The smallest absolute Gasteiger partial charge is 0.444 e. The van der Waals surface area contributed by atoms with E-state index < -0.39 is 11.7 Å². The van der Waals surface area contributed by atoms with Crippen LogP contribution in [0.1, 0.15) is 35.2 Å². The number of hydrogen-bond acceptors (Lipinski definition) is 5. The average Bonchev–Trinajstić information content (AvgIpc) is 3.06. The lowest BCUT2D eigenvalue weighted by Gasteiger charge is -2.02. The molecule has 0 bridgehead atoms. The van der Waals surface area contributed by atoms with Gasteiger partial charge < -0.3 is 14.9 Å². The maximum absolute atomic E-state index is 12.9. The van der Waals surface area contributed by atoms with Crippen LogP contribution >= 0.6 is 0 Å². The van der Waals surface area contributed by atoms with Crippen molar-refractivity contribution in [1.29, 1.82) is 0 Å². The number of aromatic nitrogens is 2. The summed E-state index contributed by atoms with van der Waals surface area (Å²) in [4.78, 5) is 23.0. The third-order valence-corrected chi connectivity index (χ3v) is 4.17. The molecule has 1 heterocycles. The van der Waals surface area contributed by atoms with Crippen LogP contribution in [0.15, 0.2) is 57.7 Å². The van der Waals surface area contributed by atoms with E-state index in [2.05, 4.69) is 5.10 Å². The molecule has 0 atom stereocenters. The number of carbonyl (C=O) groups is 1. The quantitative estimate of drug-likeness (QED) is 0.571. The van der Waals surface area contributed by atoms with Crippen molar-refractivity contribution in [3.8, 4) is 11.8 Å². The summed E-state index contributed by atoms with van der Waals surface area (Å²) in [6.45, 7) is 0.365. The number of nitrogens with two attached hydrogens (primary N) is 1. The van der Waals surface area contributed by atoms with Crippen molar-refractivity contribution in [2.75, 3.05) is 6.61 Å². The lowest BCUT2D eigenvalue weighted by molar-refractivity contribution is 0.100. The second-order valence-electron chi connectivity index (χ2n) is 6.24. The first-order chi connectivity index (χ1) is 13.5. The molecule has 3 aromatic rings. The van der Waals surface area contributed by atoms with E-state index in [1.165, 1.54) is 24.3 Å². The lowest BCUT2D eigenvalue weighted by Crippen LogP contribution is -2.14. The highest BCUT2D eigenvalue weighted by Crippen LogP contribution is 2.11. The fourth-order valence-corrected chi connectivity index (χ4v) is 2.67. The molecule has 0 saturated carbocycles. The van der Waals surface area contributed by atoms with Gasteiger partial charge in [-0.3, -0.25) is 4.79 Å². The summed E-state index contributed by atoms with van der Waals surface area (Å²) in [6.07, 6.45) is 3.38. The summed E-state index contributed by atoms with van der Waals surface area (Å²) in [5.74, 6) is -1.47. The van der Waals surface area contributed by atoms with E-state index in [-0.39, 0.29) is 11.9 Å². The largest absolute Gasteiger partial charge is 0.449 e. The first-order valence-electron chi connectivity index (χ1n) is 8.90. The number of benzene rings is 2. The van der Waals surface area contributed by atoms with E-state index in [4.69, 9.17) is 14.9 Å². The van der Waals surface area contributed by atoms with Gasteiger partial charge in [-0.25, -0.2) is 9.18 Å². The maximum atomic E-state index is 12.9. The van der Waals surface area contributed by atoms with Gasteiger partial charge in [0.2, 0.25) is 5.91 Å². The van der Waals surface area contributed by atoms with Crippen LogP contribution in [-0.4, -0.2) is 22.3 Å². The van der Waals surface area contributed by atoms with Crippen molar-refractivity contribution < 1.29 is 18.3 Å². The molecule has 28 heavy (non-hydrogen) atoms. The molecule has 3 rings (SSSR count). The minimum absolute atomic E-state index is 0.109. The van der Waals surface area contributed by atoms with Crippen LogP contribution in [0.3, 0.4) is 0 Å². The van der Waals surface area contributed by atoms with Crippen LogP contribution < -0.4 is 16.2 Å². The highest BCUT2D eigenvalue weighted by molar-refractivity contribution is 5.92. The molecule has 1 amide bonds. The van der Waals surface area contributed by atoms with Gasteiger partial charge >= 0.3 is 11.8 Å². The Labute approximate surface area is 160 Å². The molecule has 0 spiro atoms. The van der Waals surface area contributed by atoms with Gasteiger partial charge in [0.15, 0.2) is 0 Å². The summed E-state index contributed by atoms with van der Waals surface area (Å²) in [5, 5.41) is 3.99. The van der Waals surface area contributed by atoms with Gasteiger partial charge in [-0.2, -0.15) is 4.68 Å². The van der Waals surface area contributed by atoms with Crippen LogP contribution in [0.5, 0.6) is 6.08 Å². The predicted octanol–water partition coefficient (Wildman–Crippen LogP) is 2.86. The molecule has 2 aromatic carbocycles. The van der Waals surface area contributed by atoms with Crippen LogP contribution in [-0.2, 0) is 6.42 Å². The van der Waals surface area contributed by atoms with Crippen molar-refractivity contribution >= 4 is 5.91 Å². The Kier molecular flexibility index (Phi) is 6.21. The Balaban J connectivity index is 1.45. The molecule has 0 aliphatic carbocycles. The van der Waals surface area contributed by atoms with Crippen molar-refractivity contribution in [2.24, 2.45) is 5.73 Å². The first kappa shape index (κ1) is 19.3. The number of halogens is 1. The van der Waals surface area contributed by atoms with Crippen LogP contribution in [0.4, 0.5) is 4.39 Å². The number of primary amides is 1. The van der Waals surface area contributed by atoms with Crippen LogP contribution in [0.2, 0.25) is 0 Å². The van der Waals surface area contributed by atoms with Crippen molar-refractivity contribution in [2.45, 2.75) is 25.7 Å². The van der Waals surface area contributed by atoms with Gasteiger partial charge in [-0.1, -0.05) is 17.2 Å². The molecule has 0 aliphatic rings. The molecule has 2 N–H and O–H groups in total. The Morgan fingerprint density at radius 1 is 1.07 bits per heavy atom. The summed E-state index contributed by atoms with van der Waals surface area (Å²) in [7, 11) is 0.